The van der Waals surface area contributed by atoms with E-state index in [1.54, 1.807) is 6.07 Å². The normalized spacial score (nSPS) is 14.3. The fraction of sp³-hybridized carbons (Fsp3) is 0.500. The topological polar surface area (TPSA) is 61.8 Å². The van der Waals surface area contributed by atoms with Crippen molar-refractivity contribution < 1.29 is 5.21 Å². The van der Waals surface area contributed by atoms with Crippen molar-refractivity contribution in [2.45, 2.75) is 33.7 Å². The molecule has 0 bridgehead atoms. The molecule has 1 aromatic carbocycles. The minimum atomic E-state index is 0.0167. The Morgan fingerprint density at radius 1 is 1.42 bits per heavy atom. The van der Waals surface area contributed by atoms with E-state index in [1.807, 2.05) is 19.2 Å². The van der Waals surface area contributed by atoms with Crippen LogP contribution in [0.1, 0.15) is 33.3 Å². The molecule has 19 heavy (non-hydrogen) atoms. The van der Waals surface area contributed by atoms with E-state index >= 15 is 0 Å². The molecule has 1 aromatic rings. The van der Waals surface area contributed by atoms with E-state index < -0.39 is 0 Å². The van der Waals surface area contributed by atoms with E-state index in [1.165, 1.54) is 0 Å². The monoisotopic (exact) mass is 283 g/mol. The Bertz CT molecular complexity index is 480. The SMILES string of the molecule is CC(N(C)c1ccc(C(N)=NO)c(Cl)c1)C(C)(C)C. The van der Waals surface area contributed by atoms with Crippen molar-refractivity contribution >= 4 is 23.1 Å². The summed E-state index contributed by atoms with van der Waals surface area (Å²) in [5.74, 6) is 0.0167. The molecule has 1 atom stereocenters. The number of rotatable bonds is 3. The Morgan fingerprint density at radius 3 is 2.42 bits per heavy atom. The Balaban J connectivity index is 3.08. The molecule has 4 nitrogen and oxygen atoms in total. The molecule has 0 aliphatic carbocycles. The van der Waals surface area contributed by atoms with Crippen molar-refractivity contribution in [3.63, 3.8) is 0 Å². The van der Waals surface area contributed by atoms with Crippen LogP contribution in [0, 0.1) is 5.41 Å². The van der Waals surface area contributed by atoms with Crippen LogP contribution in [0.2, 0.25) is 5.02 Å². The lowest BCUT2D eigenvalue weighted by molar-refractivity contribution is 0.318. The fourth-order valence-corrected chi connectivity index (χ4v) is 2.06. The molecule has 0 amide bonds. The second-order valence-electron chi connectivity index (χ2n) is 5.80. The third-order valence-electron chi connectivity index (χ3n) is 3.58. The second-order valence-corrected chi connectivity index (χ2v) is 6.21. The standard InChI is InChI=1S/C14H22ClN3O/c1-9(14(2,3)4)18(5)10-6-7-11(12(15)8-10)13(16)17-19/h6-9,19H,1-5H3,(H2,16,17). The molecule has 0 aliphatic rings. The molecule has 106 valence electrons. The van der Waals surface area contributed by atoms with Gasteiger partial charge in [0.15, 0.2) is 5.84 Å². The van der Waals surface area contributed by atoms with E-state index in [4.69, 9.17) is 22.5 Å². The molecule has 0 spiro atoms. The first-order valence-corrected chi connectivity index (χ1v) is 6.56. The van der Waals surface area contributed by atoms with Gasteiger partial charge in [-0.2, -0.15) is 0 Å². The van der Waals surface area contributed by atoms with Crippen LogP contribution in [-0.2, 0) is 0 Å². The van der Waals surface area contributed by atoms with Crippen LogP contribution in [-0.4, -0.2) is 24.1 Å². The number of halogens is 1. The molecule has 3 N–H and O–H groups in total. The third kappa shape index (κ3) is 3.53. The van der Waals surface area contributed by atoms with E-state index in [9.17, 15) is 0 Å². The molecule has 0 aliphatic heterocycles. The van der Waals surface area contributed by atoms with E-state index in [0.29, 0.717) is 16.6 Å². The molecule has 0 aromatic heterocycles. The van der Waals surface area contributed by atoms with Crippen molar-refractivity contribution in [1.29, 1.82) is 0 Å². The Labute approximate surface area is 119 Å². The van der Waals surface area contributed by atoms with Crippen LogP contribution in [0.25, 0.3) is 0 Å². The van der Waals surface area contributed by atoms with Gasteiger partial charge >= 0.3 is 0 Å². The Kier molecular flexibility index (Phi) is 4.69. The number of benzene rings is 1. The molecular formula is C14H22ClN3O. The van der Waals surface area contributed by atoms with Crippen LogP contribution >= 0.6 is 11.6 Å². The molecular weight excluding hydrogens is 262 g/mol. The molecule has 0 saturated heterocycles. The van der Waals surface area contributed by atoms with Crippen LogP contribution in [0.15, 0.2) is 23.4 Å². The quantitative estimate of drug-likeness (QED) is 0.387. The first-order valence-electron chi connectivity index (χ1n) is 6.18. The summed E-state index contributed by atoms with van der Waals surface area (Å²) < 4.78 is 0. The lowest BCUT2D eigenvalue weighted by atomic mass is 9.87. The lowest BCUT2D eigenvalue weighted by Crippen LogP contribution is -2.39. The van der Waals surface area contributed by atoms with Gasteiger partial charge in [0.2, 0.25) is 0 Å². The van der Waals surface area contributed by atoms with Gasteiger partial charge < -0.3 is 15.8 Å². The largest absolute Gasteiger partial charge is 0.409 e. The summed E-state index contributed by atoms with van der Waals surface area (Å²) in [6.45, 7) is 8.76. The number of hydrogen-bond acceptors (Lipinski definition) is 3. The van der Waals surface area contributed by atoms with Gasteiger partial charge in [0, 0.05) is 24.3 Å². The van der Waals surface area contributed by atoms with Crippen molar-refractivity contribution in [2.75, 3.05) is 11.9 Å². The predicted molar refractivity (Wildman–Crippen MR) is 81.3 cm³/mol. The van der Waals surface area contributed by atoms with Crippen LogP contribution in [0.3, 0.4) is 0 Å². The minimum Gasteiger partial charge on any atom is -0.409 e. The van der Waals surface area contributed by atoms with E-state index in [0.717, 1.165) is 5.69 Å². The number of hydrogen-bond donors (Lipinski definition) is 2. The highest BCUT2D eigenvalue weighted by Crippen LogP contribution is 2.29. The Morgan fingerprint density at radius 2 is 2.00 bits per heavy atom. The highest BCUT2D eigenvalue weighted by molar-refractivity contribution is 6.34. The average Bonchev–Trinajstić information content (AvgIpc) is 2.34. The first-order chi connectivity index (χ1) is 8.68. The maximum Gasteiger partial charge on any atom is 0.171 e. The first kappa shape index (κ1) is 15.6. The van der Waals surface area contributed by atoms with Crippen molar-refractivity contribution in [3.8, 4) is 0 Å². The van der Waals surface area contributed by atoms with Gasteiger partial charge in [-0.1, -0.05) is 37.5 Å². The molecule has 1 unspecified atom stereocenters. The number of amidine groups is 1. The van der Waals surface area contributed by atoms with Gasteiger partial charge in [0.25, 0.3) is 0 Å². The summed E-state index contributed by atoms with van der Waals surface area (Å²) in [7, 11) is 2.03. The smallest absolute Gasteiger partial charge is 0.171 e. The number of nitrogens with zero attached hydrogens (tertiary/aromatic N) is 2. The number of nitrogens with two attached hydrogens (primary N) is 1. The van der Waals surface area contributed by atoms with E-state index in [-0.39, 0.29) is 11.3 Å². The van der Waals surface area contributed by atoms with Crippen LogP contribution < -0.4 is 10.6 Å². The molecule has 5 heteroatoms. The van der Waals surface area contributed by atoms with E-state index in [2.05, 4.69) is 37.8 Å². The zero-order chi connectivity index (χ0) is 14.8. The van der Waals surface area contributed by atoms with Crippen molar-refractivity contribution in [3.05, 3.63) is 28.8 Å². The maximum atomic E-state index is 8.68. The summed E-state index contributed by atoms with van der Waals surface area (Å²) in [6.07, 6.45) is 0. The zero-order valence-corrected chi connectivity index (χ0v) is 12.9. The van der Waals surface area contributed by atoms with Crippen molar-refractivity contribution in [2.24, 2.45) is 16.3 Å². The summed E-state index contributed by atoms with van der Waals surface area (Å²) in [6, 6.07) is 5.86. The van der Waals surface area contributed by atoms with Crippen molar-refractivity contribution in [1.82, 2.24) is 0 Å². The second kappa shape index (κ2) is 5.70. The molecule has 0 saturated carbocycles. The highest BCUT2D eigenvalue weighted by Gasteiger charge is 2.24. The summed E-state index contributed by atoms with van der Waals surface area (Å²) in [5.41, 5.74) is 7.24. The van der Waals surface area contributed by atoms with Crippen LogP contribution in [0.5, 0.6) is 0 Å². The summed E-state index contributed by atoms with van der Waals surface area (Å²) in [4.78, 5) is 2.17. The van der Waals surface area contributed by atoms with Gasteiger partial charge in [0.1, 0.15) is 0 Å². The third-order valence-corrected chi connectivity index (χ3v) is 3.89. The maximum absolute atomic E-state index is 8.68. The van der Waals surface area contributed by atoms with Gasteiger partial charge in [-0.15, -0.1) is 0 Å². The molecule has 0 heterocycles. The summed E-state index contributed by atoms with van der Waals surface area (Å²) in [5, 5.41) is 12.1. The van der Waals surface area contributed by atoms with Crippen LogP contribution in [0.4, 0.5) is 5.69 Å². The summed E-state index contributed by atoms with van der Waals surface area (Å²) >= 11 is 6.17. The minimum absolute atomic E-state index is 0.0167. The Hall–Kier alpha value is -1.42. The fourth-order valence-electron chi connectivity index (χ4n) is 1.79. The van der Waals surface area contributed by atoms with Gasteiger partial charge in [-0.05, 0) is 30.5 Å². The number of oxime groups is 1. The van der Waals surface area contributed by atoms with Gasteiger partial charge in [-0.3, -0.25) is 0 Å². The average molecular weight is 284 g/mol. The zero-order valence-electron chi connectivity index (χ0n) is 12.1. The molecule has 1 rings (SSSR count). The highest BCUT2D eigenvalue weighted by atomic mass is 35.5. The predicted octanol–water partition coefficient (Wildman–Crippen LogP) is 3.31. The number of anilines is 1. The van der Waals surface area contributed by atoms with Gasteiger partial charge in [-0.25, -0.2) is 0 Å². The van der Waals surface area contributed by atoms with Gasteiger partial charge in [0.05, 0.1) is 5.02 Å². The molecule has 0 radical (unpaired) electrons. The molecule has 0 fully saturated rings. The lowest BCUT2D eigenvalue weighted by Gasteiger charge is -2.37.